The number of imidazole rings is 1. The number of benzene rings is 2. The van der Waals surface area contributed by atoms with E-state index in [0.717, 1.165) is 29.8 Å². The monoisotopic (exact) mass is 548 g/mol. The maximum atomic E-state index is 12.3. The van der Waals surface area contributed by atoms with Gasteiger partial charge in [0.25, 0.3) is 0 Å². The van der Waals surface area contributed by atoms with E-state index in [1.54, 1.807) is 19.4 Å². The molecule has 1 amide bonds. The summed E-state index contributed by atoms with van der Waals surface area (Å²) in [5.41, 5.74) is 4.43. The molecule has 0 unspecified atom stereocenters. The van der Waals surface area contributed by atoms with E-state index in [1.165, 1.54) is 6.08 Å². The van der Waals surface area contributed by atoms with Gasteiger partial charge in [-0.15, -0.1) is 0 Å². The number of carbonyl (C=O) groups excluding carboxylic acids is 1. The third kappa shape index (κ3) is 6.30. The molecule has 0 radical (unpaired) electrons. The van der Waals surface area contributed by atoms with Gasteiger partial charge in [-0.1, -0.05) is 18.2 Å². The van der Waals surface area contributed by atoms with Crippen molar-refractivity contribution in [2.45, 2.75) is 13.5 Å². The number of nitrogens with zero attached hydrogens (tertiary/aromatic N) is 6. The quantitative estimate of drug-likeness (QED) is 0.251. The van der Waals surface area contributed by atoms with E-state index in [1.807, 2.05) is 51.5 Å². The zero-order valence-corrected chi connectivity index (χ0v) is 23.6. The molecular weight excluding hydrogens is 516 g/mol. The molecule has 0 aliphatic rings. The summed E-state index contributed by atoms with van der Waals surface area (Å²) < 4.78 is 7.79. The lowest BCUT2D eigenvalue weighted by Gasteiger charge is -2.26. The summed E-state index contributed by atoms with van der Waals surface area (Å²) in [4.78, 5) is 30.3. The fourth-order valence-electron chi connectivity index (χ4n) is 4.19. The molecule has 2 aromatic carbocycles. The summed E-state index contributed by atoms with van der Waals surface area (Å²) in [5.74, 6) is 1.32. The number of halogens is 1. The Balaban J connectivity index is 1.72. The second kappa shape index (κ2) is 12.1. The van der Waals surface area contributed by atoms with Gasteiger partial charge in [0.05, 0.1) is 35.2 Å². The summed E-state index contributed by atoms with van der Waals surface area (Å²) in [6, 6.07) is 11.1. The fraction of sp³-hybridized carbons (Fsp3) is 0.286. The van der Waals surface area contributed by atoms with Crippen LogP contribution in [0.2, 0.25) is 5.02 Å². The summed E-state index contributed by atoms with van der Waals surface area (Å²) in [6.07, 6.45) is 2.91. The first-order chi connectivity index (χ1) is 18.7. The van der Waals surface area contributed by atoms with Crippen molar-refractivity contribution < 1.29 is 9.53 Å². The molecule has 0 aliphatic heterocycles. The highest BCUT2D eigenvalue weighted by Gasteiger charge is 2.18. The summed E-state index contributed by atoms with van der Waals surface area (Å²) >= 11 is 6.20. The number of hydrogen-bond acceptors (Lipinski definition) is 8. The van der Waals surface area contributed by atoms with Crippen molar-refractivity contribution in [1.82, 2.24) is 24.4 Å². The van der Waals surface area contributed by atoms with Gasteiger partial charge in [0, 0.05) is 44.0 Å². The molecule has 204 valence electrons. The molecule has 2 aromatic heterocycles. The number of ether oxygens (including phenoxy) is 1. The molecule has 2 N–H and O–H groups in total. The molecule has 11 heteroatoms. The molecule has 4 rings (SSSR count). The lowest BCUT2D eigenvalue weighted by Crippen LogP contribution is -2.29. The van der Waals surface area contributed by atoms with E-state index in [-0.39, 0.29) is 5.91 Å². The van der Waals surface area contributed by atoms with Crippen molar-refractivity contribution in [2.24, 2.45) is 0 Å². The molecule has 0 aliphatic carbocycles. The number of aryl methyl sites for hydroxylation is 1. The summed E-state index contributed by atoms with van der Waals surface area (Å²) in [5, 5.41) is 6.78. The van der Waals surface area contributed by atoms with E-state index < -0.39 is 0 Å². The van der Waals surface area contributed by atoms with Gasteiger partial charge in [0.2, 0.25) is 11.9 Å². The molecule has 2 heterocycles. The number of rotatable bonds is 11. The maximum Gasteiger partial charge on any atom is 0.247 e. The first kappa shape index (κ1) is 27.9. The number of hydrogen-bond donors (Lipinski definition) is 2. The predicted molar refractivity (Wildman–Crippen MR) is 158 cm³/mol. The Kier molecular flexibility index (Phi) is 8.68. The standard InChI is InChI=1S/C28H33ClN8O2/c1-7-26(38)31-21-16-22(25(39-6)17-24(21)36(5)14-13-35(3)4)34-28-30-12-11-19(33-28)27-32-20-15-18(29)9-10-23(20)37(27)8-2/h7,9-12,15-17H,1,8,13-14H2,2-6H3,(H,31,38)(H,30,33,34). The molecule has 10 nitrogen and oxygen atoms in total. The van der Waals surface area contributed by atoms with Crippen LogP contribution in [0.5, 0.6) is 5.75 Å². The Bertz CT molecular complexity index is 1500. The van der Waals surface area contributed by atoms with Gasteiger partial charge in [0.15, 0.2) is 5.82 Å². The third-order valence-corrected chi connectivity index (χ3v) is 6.45. The highest BCUT2D eigenvalue weighted by molar-refractivity contribution is 6.31. The van der Waals surface area contributed by atoms with E-state index in [9.17, 15) is 4.79 Å². The predicted octanol–water partition coefficient (Wildman–Crippen LogP) is 5.04. The van der Waals surface area contributed by atoms with Crippen molar-refractivity contribution in [3.63, 3.8) is 0 Å². The van der Waals surface area contributed by atoms with Gasteiger partial charge in [-0.25, -0.2) is 15.0 Å². The average molecular weight is 549 g/mol. The van der Waals surface area contributed by atoms with Crippen LogP contribution >= 0.6 is 11.6 Å². The van der Waals surface area contributed by atoms with E-state index in [4.69, 9.17) is 26.3 Å². The van der Waals surface area contributed by atoms with Gasteiger partial charge >= 0.3 is 0 Å². The number of amides is 1. The Hall–Kier alpha value is -4.15. The molecule has 0 atom stereocenters. The van der Waals surface area contributed by atoms with E-state index in [2.05, 4.69) is 43.5 Å². The Morgan fingerprint density at radius 2 is 1.92 bits per heavy atom. The van der Waals surface area contributed by atoms with Crippen molar-refractivity contribution in [3.05, 3.63) is 60.3 Å². The molecule has 0 spiro atoms. The van der Waals surface area contributed by atoms with E-state index >= 15 is 0 Å². The number of methoxy groups -OCH3 is 1. The number of fused-ring (bicyclic) bond motifs is 1. The third-order valence-electron chi connectivity index (χ3n) is 6.21. The Morgan fingerprint density at radius 3 is 2.62 bits per heavy atom. The fourth-order valence-corrected chi connectivity index (χ4v) is 4.35. The molecule has 0 bridgehead atoms. The average Bonchev–Trinajstić information content (AvgIpc) is 3.29. The topological polar surface area (TPSA) is 100 Å². The normalized spacial score (nSPS) is 11.1. The number of aromatic nitrogens is 4. The van der Waals surface area contributed by atoms with Gasteiger partial charge in [0.1, 0.15) is 11.4 Å². The lowest BCUT2D eigenvalue weighted by molar-refractivity contribution is -0.111. The van der Waals surface area contributed by atoms with Crippen LogP contribution in [0.3, 0.4) is 0 Å². The van der Waals surface area contributed by atoms with Gasteiger partial charge in [-0.05, 0) is 57.4 Å². The van der Waals surface area contributed by atoms with Gasteiger partial charge < -0.3 is 29.7 Å². The highest BCUT2D eigenvalue weighted by atomic mass is 35.5. The molecule has 4 aromatic rings. The first-order valence-electron chi connectivity index (χ1n) is 12.5. The zero-order valence-electron chi connectivity index (χ0n) is 22.8. The van der Waals surface area contributed by atoms with Crippen LogP contribution in [0, 0.1) is 0 Å². The summed E-state index contributed by atoms with van der Waals surface area (Å²) in [6.45, 7) is 7.93. The van der Waals surface area contributed by atoms with Crippen LogP contribution in [0.1, 0.15) is 6.92 Å². The summed E-state index contributed by atoms with van der Waals surface area (Å²) in [7, 11) is 7.59. The lowest BCUT2D eigenvalue weighted by atomic mass is 10.2. The Morgan fingerprint density at radius 1 is 1.13 bits per heavy atom. The van der Waals surface area contributed by atoms with Crippen LogP contribution in [0.15, 0.2) is 55.3 Å². The SMILES string of the molecule is C=CC(=O)Nc1cc(Nc2nccc(-c3nc4cc(Cl)ccc4n3CC)n2)c(OC)cc1N(C)CCN(C)C. The maximum absolute atomic E-state index is 12.3. The smallest absolute Gasteiger partial charge is 0.247 e. The van der Waals surface area contributed by atoms with E-state index in [0.29, 0.717) is 46.2 Å². The molecule has 0 saturated heterocycles. The van der Waals surface area contributed by atoms with Gasteiger partial charge in [-0.3, -0.25) is 4.79 Å². The second-order valence-electron chi connectivity index (χ2n) is 9.19. The minimum atomic E-state index is -0.315. The van der Waals surface area contributed by atoms with Gasteiger partial charge in [-0.2, -0.15) is 0 Å². The second-order valence-corrected chi connectivity index (χ2v) is 9.63. The number of carbonyl (C=O) groups is 1. The van der Waals surface area contributed by atoms with Crippen LogP contribution in [-0.2, 0) is 11.3 Å². The largest absolute Gasteiger partial charge is 0.494 e. The van der Waals surface area contributed by atoms with Crippen LogP contribution < -0.4 is 20.3 Å². The zero-order chi connectivity index (χ0) is 28.1. The first-order valence-corrected chi connectivity index (χ1v) is 12.9. The molecule has 0 saturated carbocycles. The number of likely N-dealkylation sites (N-methyl/N-ethyl adjacent to an activating group) is 2. The van der Waals surface area contributed by atoms with Crippen LogP contribution in [0.25, 0.3) is 22.6 Å². The van der Waals surface area contributed by atoms with Crippen molar-refractivity contribution in [3.8, 4) is 17.3 Å². The molecule has 0 fully saturated rings. The number of nitrogens with one attached hydrogen (secondary N) is 2. The molecule has 39 heavy (non-hydrogen) atoms. The van der Waals surface area contributed by atoms with Crippen LogP contribution in [0.4, 0.5) is 23.0 Å². The van der Waals surface area contributed by atoms with Crippen LogP contribution in [-0.4, -0.2) is 71.7 Å². The highest BCUT2D eigenvalue weighted by Crippen LogP contribution is 2.38. The van der Waals surface area contributed by atoms with Crippen molar-refractivity contribution in [1.29, 1.82) is 0 Å². The minimum Gasteiger partial charge on any atom is -0.494 e. The Labute approximate surface area is 233 Å². The van der Waals surface area contributed by atoms with Crippen molar-refractivity contribution in [2.75, 3.05) is 56.9 Å². The number of anilines is 4. The molecular formula is C28H33ClN8O2. The van der Waals surface area contributed by atoms with Crippen molar-refractivity contribution >= 4 is 51.6 Å². The minimum absolute atomic E-state index is 0.315.